The van der Waals surface area contributed by atoms with Crippen LogP contribution in [0.4, 0.5) is 14.5 Å². The third-order valence-electron chi connectivity index (χ3n) is 4.50. The van der Waals surface area contributed by atoms with Crippen LogP contribution in [0.5, 0.6) is 0 Å². The molecule has 146 valence electrons. The van der Waals surface area contributed by atoms with Crippen molar-refractivity contribution >= 4 is 11.9 Å². The third kappa shape index (κ3) is 4.06. The number of anilines is 1. The van der Waals surface area contributed by atoms with E-state index in [4.69, 9.17) is 4.42 Å². The molecule has 0 saturated carbocycles. The van der Waals surface area contributed by atoms with Crippen LogP contribution in [0.25, 0.3) is 22.6 Å². The molecule has 0 radical (unpaired) electrons. The lowest BCUT2D eigenvalue weighted by molar-refractivity contribution is 0.574. The Morgan fingerprint density at radius 2 is 1.72 bits per heavy atom. The molecule has 0 bridgehead atoms. The number of aryl methyl sites for hydroxylation is 1. The van der Waals surface area contributed by atoms with E-state index in [1.807, 2.05) is 49.4 Å². The van der Waals surface area contributed by atoms with Crippen LogP contribution in [0.3, 0.4) is 0 Å². The fourth-order valence-electron chi connectivity index (χ4n) is 2.96. The SMILES string of the molecule is Cc1ccc(-c2ncco2)cc1-c1ccc(N/N=C/c2c(F)cccc2F)cc1.[HH]. The normalized spacial score (nSPS) is 11.1. The first kappa shape index (κ1) is 18.6. The van der Waals surface area contributed by atoms with Gasteiger partial charge in [-0.3, -0.25) is 5.43 Å². The number of rotatable bonds is 5. The molecule has 0 aliphatic carbocycles. The minimum absolute atomic E-state index is 0. The summed E-state index contributed by atoms with van der Waals surface area (Å²) in [6.45, 7) is 2.04. The average Bonchev–Trinajstić information content (AvgIpc) is 3.26. The smallest absolute Gasteiger partial charge is 0.225 e. The number of hydrogen-bond acceptors (Lipinski definition) is 4. The molecule has 0 atom stereocenters. The van der Waals surface area contributed by atoms with Crippen molar-refractivity contribution in [1.29, 1.82) is 0 Å². The maximum Gasteiger partial charge on any atom is 0.225 e. The molecule has 4 nitrogen and oxygen atoms in total. The van der Waals surface area contributed by atoms with Crippen LogP contribution in [-0.2, 0) is 0 Å². The van der Waals surface area contributed by atoms with Gasteiger partial charge in [0.2, 0.25) is 5.89 Å². The van der Waals surface area contributed by atoms with E-state index in [2.05, 4.69) is 15.5 Å². The van der Waals surface area contributed by atoms with E-state index in [-0.39, 0.29) is 6.99 Å². The highest BCUT2D eigenvalue weighted by molar-refractivity contribution is 5.81. The molecule has 4 rings (SSSR count). The molecule has 1 aromatic heterocycles. The maximum atomic E-state index is 13.6. The summed E-state index contributed by atoms with van der Waals surface area (Å²) in [6, 6.07) is 17.3. The second-order valence-corrected chi connectivity index (χ2v) is 6.45. The monoisotopic (exact) mass is 391 g/mol. The second kappa shape index (κ2) is 8.06. The van der Waals surface area contributed by atoms with Crippen LogP contribution in [0.15, 0.2) is 82.6 Å². The van der Waals surface area contributed by atoms with Crippen molar-refractivity contribution in [3.05, 3.63) is 95.9 Å². The van der Waals surface area contributed by atoms with Gasteiger partial charge in [0.15, 0.2) is 0 Å². The summed E-state index contributed by atoms with van der Waals surface area (Å²) in [5, 5.41) is 3.93. The van der Waals surface area contributed by atoms with Gasteiger partial charge in [-0.05, 0) is 60.0 Å². The van der Waals surface area contributed by atoms with Crippen molar-refractivity contribution in [3.63, 3.8) is 0 Å². The molecule has 1 heterocycles. The predicted octanol–water partition coefficient (Wildman–Crippen LogP) is 6.29. The number of halogens is 2. The first-order valence-corrected chi connectivity index (χ1v) is 8.96. The molecule has 0 saturated heterocycles. The van der Waals surface area contributed by atoms with Gasteiger partial charge in [-0.1, -0.05) is 24.3 Å². The summed E-state index contributed by atoms with van der Waals surface area (Å²) in [7, 11) is 0. The highest BCUT2D eigenvalue weighted by Crippen LogP contribution is 2.29. The molecule has 0 unspecified atom stereocenters. The number of hydrogen-bond donors (Lipinski definition) is 1. The fourth-order valence-corrected chi connectivity index (χ4v) is 2.96. The number of hydrazone groups is 1. The molecular formula is C23H19F2N3O. The summed E-state index contributed by atoms with van der Waals surface area (Å²) >= 11 is 0. The molecule has 0 aliphatic heterocycles. The Morgan fingerprint density at radius 3 is 2.41 bits per heavy atom. The number of nitrogens with zero attached hydrogens (tertiary/aromatic N) is 2. The Kier molecular flexibility index (Phi) is 5.16. The first-order chi connectivity index (χ1) is 14.1. The predicted molar refractivity (Wildman–Crippen MR) is 112 cm³/mol. The van der Waals surface area contributed by atoms with E-state index in [9.17, 15) is 8.78 Å². The van der Waals surface area contributed by atoms with E-state index in [1.165, 1.54) is 18.2 Å². The van der Waals surface area contributed by atoms with Gasteiger partial charge in [0, 0.05) is 6.99 Å². The highest BCUT2D eigenvalue weighted by atomic mass is 19.1. The van der Waals surface area contributed by atoms with E-state index >= 15 is 0 Å². The Balaban J connectivity index is 0.00000256. The molecule has 0 amide bonds. The van der Waals surface area contributed by atoms with E-state index in [0.717, 1.165) is 28.5 Å². The summed E-state index contributed by atoms with van der Waals surface area (Å²) in [5.74, 6) is -0.751. The third-order valence-corrected chi connectivity index (χ3v) is 4.50. The van der Waals surface area contributed by atoms with Crippen molar-refractivity contribution < 1.29 is 14.6 Å². The summed E-state index contributed by atoms with van der Waals surface area (Å²) in [6.07, 6.45) is 4.29. The molecular weight excluding hydrogens is 372 g/mol. The van der Waals surface area contributed by atoms with Gasteiger partial charge < -0.3 is 4.42 Å². The van der Waals surface area contributed by atoms with Crippen molar-refractivity contribution in [2.24, 2.45) is 5.10 Å². The van der Waals surface area contributed by atoms with Gasteiger partial charge in [-0.15, -0.1) is 0 Å². The van der Waals surface area contributed by atoms with Gasteiger partial charge >= 0.3 is 0 Å². The lowest BCUT2D eigenvalue weighted by Gasteiger charge is -2.09. The lowest BCUT2D eigenvalue weighted by Crippen LogP contribution is -1.96. The van der Waals surface area contributed by atoms with Crippen LogP contribution >= 0.6 is 0 Å². The zero-order valence-corrected chi connectivity index (χ0v) is 15.6. The van der Waals surface area contributed by atoms with Crippen LogP contribution in [-0.4, -0.2) is 11.2 Å². The highest BCUT2D eigenvalue weighted by Gasteiger charge is 2.08. The van der Waals surface area contributed by atoms with Crippen LogP contribution in [0.1, 0.15) is 12.6 Å². The van der Waals surface area contributed by atoms with Crippen molar-refractivity contribution in [1.82, 2.24) is 4.98 Å². The summed E-state index contributed by atoms with van der Waals surface area (Å²) in [5.41, 5.74) is 7.39. The van der Waals surface area contributed by atoms with Gasteiger partial charge in [0.25, 0.3) is 0 Å². The summed E-state index contributed by atoms with van der Waals surface area (Å²) in [4.78, 5) is 4.19. The minimum atomic E-state index is -0.660. The zero-order valence-electron chi connectivity index (χ0n) is 15.6. The molecule has 0 aliphatic rings. The molecule has 0 fully saturated rings. The molecule has 4 aromatic rings. The number of aromatic nitrogens is 1. The quantitative estimate of drug-likeness (QED) is 0.321. The summed E-state index contributed by atoms with van der Waals surface area (Å²) < 4.78 is 32.6. The zero-order chi connectivity index (χ0) is 20.2. The van der Waals surface area contributed by atoms with Gasteiger partial charge in [-0.2, -0.15) is 5.10 Å². The molecule has 6 heteroatoms. The molecule has 0 spiro atoms. The topological polar surface area (TPSA) is 50.4 Å². The maximum absolute atomic E-state index is 13.6. The average molecular weight is 391 g/mol. The van der Waals surface area contributed by atoms with Crippen LogP contribution in [0.2, 0.25) is 0 Å². The molecule has 1 N–H and O–H groups in total. The second-order valence-electron chi connectivity index (χ2n) is 6.45. The van der Waals surface area contributed by atoms with Crippen molar-refractivity contribution in [3.8, 4) is 22.6 Å². The lowest BCUT2D eigenvalue weighted by atomic mass is 9.98. The van der Waals surface area contributed by atoms with Gasteiger partial charge in [0.05, 0.1) is 23.7 Å². The van der Waals surface area contributed by atoms with E-state index in [1.54, 1.807) is 12.5 Å². The Bertz CT molecular complexity index is 1140. The Morgan fingerprint density at radius 1 is 1.00 bits per heavy atom. The minimum Gasteiger partial charge on any atom is -0.445 e. The number of benzene rings is 3. The standard InChI is InChI=1S/C23H17F2N3O.H2/c1-15-5-6-17(23-26-11-12-29-23)13-19(15)16-7-9-18(10-8-16)28-27-14-20-21(24)3-2-4-22(20)25;/h2-14,28H,1H3;1H/b27-14+;. The van der Waals surface area contributed by atoms with Crippen molar-refractivity contribution in [2.45, 2.75) is 6.92 Å². The largest absolute Gasteiger partial charge is 0.445 e. The van der Waals surface area contributed by atoms with E-state index < -0.39 is 11.6 Å². The van der Waals surface area contributed by atoms with Crippen LogP contribution < -0.4 is 5.43 Å². The van der Waals surface area contributed by atoms with E-state index in [0.29, 0.717) is 11.6 Å². The Hall–Kier alpha value is -3.80. The molecule has 3 aromatic carbocycles. The van der Waals surface area contributed by atoms with Gasteiger partial charge in [0.1, 0.15) is 17.9 Å². The number of oxazole rings is 1. The number of nitrogens with one attached hydrogen (secondary N) is 1. The Labute approximate surface area is 168 Å². The van der Waals surface area contributed by atoms with Crippen LogP contribution in [0, 0.1) is 18.6 Å². The molecule has 29 heavy (non-hydrogen) atoms. The fraction of sp³-hybridized carbons (Fsp3) is 0.0435. The first-order valence-electron chi connectivity index (χ1n) is 8.96. The van der Waals surface area contributed by atoms with Crippen molar-refractivity contribution in [2.75, 3.05) is 5.43 Å². The van der Waals surface area contributed by atoms with Gasteiger partial charge in [-0.25, -0.2) is 13.8 Å².